The van der Waals surface area contributed by atoms with Crippen LogP contribution in [0.5, 0.6) is 0 Å². The van der Waals surface area contributed by atoms with E-state index in [1.165, 1.54) is 30.3 Å². The number of likely N-dealkylation sites (tertiary alicyclic amines) is 1. The summed E-state index contributed by atoms with van der Waals surface area (Å²) >= 11 is 0. The minimum atomic E-state index is 0. The van der Waals surface area contributed by atoms with Gasteiger partial charge in [-0.15, -0.1) is 0 Å². The van der Waals surface area contributed by atoms with E-state index in [0.717, 1.165) is 10.00 Å². The summed E-state index contributed by atoms with van der Waals surface area (Å²) in [5, 5.41) is 1.26. The van der Waals surface area contributed by atoms with Crippen LogP contribution in [0.2, 0.25) is 0 Å². The Morgan fingerprint density at radius 2 is 2.06 bits per heavy atom. The average molecular weight is 354 g/mol. The number of pyridine rings is 1. The molecule has 96 valence electrons. The Bertz CT molecular complexity index is 551. The summed E-state index contributed by atoms with van der Waals surface area (Å²) in [6.07, 6.45) is 4.50. The summed E-state index contributed by atoms with van der Waals surface area (Å²) in [6.45, 7) is 1.29. The Hall–Kier alpha value is -0.680. The number of fused-ring (bicyclic) bond motifs is 1. The first-order valence-electron chi connectivity index (χ1n) is 6.34. The zero-order valence-corrected chi connectivity index (χ0v) is 13.1. The van der Waals surface area contributed by atoms with Crippen LogP contribution >= 0.6 is 0 Å². The van der Waals surface area contributed by atoms with Gasteiger partial charge in [-0.25, -0.2) is 0 Å². The van der Waals surface area contributed by atoms with Crippen molar-refractivity contribution in [2.75, 3.05) is 20.6 Å². The maximum atomic E-state index is 4.38. The highest BCUT2D eigenvalue weighted by Gasteiger charge is 2.35. The third kappa shape index (κ3) is 2.38. The predicted molar refractivity (Wildman–Crippen MR) is 70.7 cm³/mol. The minimum Gasteiger partial charge on any atom is -1.00 e. The monoisotopic (exact) mass is 354 g/mol. The smallest absolute Gasteiger partial charge is 0.114 e. The zero-order valence-electron chi connectivity index (χ0n) is 10.9. The van der Waals surface area contributed by atoms with Crippen molar-refractivity contribution in [2.24, 2.45) is 0 Å². The van der Waals surface area contributed by atoms with Gasteiger partial charge in [-0.3, -0.25) is 4.98 Å². The molecule has 1 aromatic carbocycles. The Morgan fingerprint density at radius 1 is 1.22 bits per heavy atom. The van der Waals surface area contributed by atoms with Crippen LogP contribution in [0, 0.1) is 0 Å². The van der Waals surface area contributed by atoms with Gasteiger partial charge in [0.05, 0.1) is 26.2 Å². The first-order valence-corrected chi connectivity index (χ1v) is 6.34. The first-order chi connectivity index (χ1) is 8.17. The van der Waals surface area contributed by atoms with E-state index in [4.69, 9.17) is 0 Å². The van der Waals surface area contributed by atoms with Gasteiger partial charge in [-0.2, -0.15) is 0 Å². The van der Waals surface area contributed by atoms with E-state index in [1.807, 2.05) is 12.3 Å². The molecule has 0 unspecified atom stereocenters. The SMILES string of the molecule is C[N+]1(C)CCC[C@@H]1c1ccc2ncccc2c1.[I-]. The molecule has 1 aliphatic rings. The van der Waals surface area contributed by atoms with Crippen LogP contribution in [0.4, 0.5) is 0 Å². The molecule has 0 aliphatic carbocycles. The fourth-order valence-electron chi connectivity index (χ4n) is 3.07. The van der Waals surface area contributed by atoms with Crippen LogP contribution < -0.4 is 24.0 Å². The summed E-state index contributed by atoms with van der Waals surface area (Å²) in [5.41, 5.74) is 2.56. The lowest BCUT2D eigenvalue weighted by molar-refractivity contribution is -0.908. The van der Waals surface area contributed by atoms with Crippen LogP contribution in [0.25, 0.3) is 10.9 Å². The van der Waals surface area contributed by atoms with Crippen molar-refractivity contribution in [3.05, 3.63) is 42.1 Å². The molecular formula is C15H19IN2. The molecular weight excluding hydrogens is 335 g/mol. The highest BCUT2D eigenvalue weighted by molar-refractivity contribution is 5.79. The standard InChI is InChI=1S/C15H19N2.HI/c1-17(2)10-4-6-15(17)13-7-8-14-12(11-13)5-3-9-16-14;/h3,5,7-9,11,15H,4,6,10H2,1-2H3;1H/q+1;/p-1/t15-;/m1./s1. The number of benzene rings is 1. The first kappa shape index (κ1) is 13.7. The van der Waals surface area contributed by atoms with Crippen molar-refractivity contribution in [1.29, 1.82) is 0 Å². The highest BCUT2D eigenvalue weighted by Crippen LogP contribution is 2.36. The number of nitrogens with zero attached hydrogens (tertiary/aromatic N) is 2. The van der Waals surface area contributed by atoms with Crippen LogP contribution in [0.15, 0.2) is 36.5 Å². The van der Waals surface area contributed by atoms with E-state index in [-0.39, 0.29) is 24.0 Å². The fourth-order valence-corrected chi connectivity index (χ4v) is 3.07. The number of rotatable bonds is 1. The third-order valence-electron chi connectivity index (χ3n) is 4.07. The van der Waals surface area contributed by atoms with Crippen molar-refractivity contribution in [2.45, 2.75) is 18.9 Å². The van der Waals surface area contributed by atoms with Gasteiger partial charge in [0.25, 0.3) is 0 Å². The Labute approximate surface area is 126 Å². The second-order valence-corrected chi connectivity index (χ2v) is 5.62. The van der Waals surface area contributed by atoms with Gasteiger partial charge in [0, 0.05) is 30.0 Å². The molecule has 1 aliphatic heterocycles. The van der Waals surface area contributed by atoms with Gasteiger partial charge in [-0.1, -0.05) is 12.1 Å². The third-order valence-corrected chi connectivity index (χ3v) is 4.07. The van der Waals surface area contributed by atoms with E-state index in [9.17, 15) is 0 Å². The normalized spacial score (nSPS) is 21.8. The molecule has 18 heavy (non-hydrogen) atoms. The second kappa shape index (κ2) is 5.13. The number of hydrogen-bond donors (Lipinski definition) is 0. The van der Waals surface area contributed by atoms with E-state index < -0.39 is 0 Å². The average Bonchev–Trinajstić information content (AvgIpc) is 2.68. The summed E-state index contributed by atoms with van der Waals surface area (Å²) < 4.78 is 1.12. The molecule has 0 bridgehead atoms. The maximum absolute atomic E-state index is 4.38. The van der Waals surface area contributed by atoms with E-state index in [1.54, 1.807) is 0 Å². The Kier molecular flexibility index (Phi) is 3.92. The van der Waals surface area contributed by atoms with Crippen molar-refractivity contribution in [1.82, 2.24) is 4.98 Å². The molecule has 0 spiro atoms. The summed E-state index contributed by atoms with van der Waals surface area (Å²) in [7, 11) is 4.68. The molecule has 0 N–H and O–H groups in total. The molecule has 1 atom stereocenters. The largest absolute Gasteiger partial charge is 1.00 e. The molecule has 0 amide bonds. The van der Waals surface area contributed by atoms with Crippen molar-refractivity contribution in [3.8, 4) is 0 Å². The second-order valence-electron chi connectivity index (χ2n) is 5.62. The molecule has 1 saturated heterocycles. The molecule has 1 aromatic heterocycles. The lowest BCUT2D eigenvalue weighted by Crippen LogP contribution is -3.00. The minimum absolute atomic E-state index is 0. The molecule has 3 rings (SSSR count). The zero-order chi connectivity index (χ0) is 11.9. The lowest BCUT2D eigenvalue weighted by atomic mass is 10.0. The van der Waals surface area contributed by atoms with Crippen LogP contribution in [0.3, 0.4) is 0 Å². The van der Waals surface area contributed by atoms with Gasteiger partial charge in [0.2, 0.25) is 0 Å². The van der Waals surface area contributed by atoms with Crippen molar-refractivity contribution in [3.63, 3.8) is 0 Å². The van der Waals surface area contributed by atoms with Crippen molar-refractivity contribution >= 4 is 10.9 Å². The van der Waals surface area contributed by atoms with Crippen LogP contribution in [-0.2, 0) is 0 Å². The van der Waals surface area contributed by atoms with Gasteiger partial charge in [0.15, 0.2) is 0 Å². The summed E-state index contributed by atoms with van der Waals surface area (Å²) in [4.78, 5) is 4.38. The number of quaternary nitrogens is 1. The number of aromatic nitrogens is 1. The maximum Gasteiger partial charge on any atom is 0.114 e. The Morgan fingerprint density at radius 3 is 2.78 bits per heavy atom. The van der Waals surface area contributed by atoms with Gasteiger partial charge >= 0.3 is 0 Å². The lowest BCUT2D eigenvalue weighted by Gasteiger charge is -2.31. The van der Waals surface area contributed by atoms with E-state index >= 15 is 0 Å². The molecule has 0 radical (unpaired) electrons. The van der Waals surface area contributed by atoms with Gasteiger partial charge in [-0.05, 0) is 18.2 Å². The topological polar surface area (TPSA) is 12.9 Å². The summed E-state index contributed by atoms with van der Waals surface area (Å²) in [6, 6.07) is 11.5. The highest BCUT2D eigenvalue weighted by atomic mass is 127. The number of halogens is 1. The Balaban J connectivity index is 0.00000120. The molecule has 2 heterocycles. The predicted octanol–water partition coefficient (Wildman–Crippen LogP) is 0.150. The van der Waals surface area contributed by atoms with Gasteiger partial charge in [0.1, 0.15) is 6.04 Å². The fraction of sp³-hybridized carbons (Fsp3) is 0.400. The van der Waals surface area contributed by atoms with Gasteiger partial charge < -0.3 is 28.5 Å². The summed E-state index contributed by atoms with van der Waals surface area (Å²) in [5.74, 6) is 0. The van der Waals surface area contributed by atoms with E-state index in [2.05, 4.69) is 43.3 Å². The quantitative estimate of drug-likeness (QED) is 0.525. The van der Waals surface area contributed by atoms with Crippen molar-refractivity contribution < 1.29 is 28.5 Å². The molecule has 2 nitrogen and oxygen atoms in total. The molecule has 1 fully saturated rings. The van der Waals surface area contributed by atoms with E-state index in [0.29, 0.717) is 6.04 Å². The molecule has 3 heteroatoms. The van der Waals surface area contributed by atoms with Crippen LogP contribution in [0.1, 0.15) is 24.4 Å². The number of hydrogen-bond acceptors (Lipinski definition) is 1. The molecule has 0 saturated carbocycles. The molecule has 2 aromatic rings. The van der Waals surface area contributed by atoms with Crippen LogP contribution in [-0.4, -0.2) is 30.1 Å².